The van der Waals surface area contributed by atoms with Crippen LogP contribution >= 0.6 is 46.0 Å². The molecule has 0 saturated heterocycles. The van der Waals surface area contributed by atoms with Crippen molar-refractivity contribution in [2.45, 2.75) is 44.8 Å². The van der Waals surface area contributed by atoms with Crippen LogP contribution in [0.1, 0.15) is 38.0 Å². The number of rotatable bonds is 9. The minimum absolute atomic E-state index is 0.123. The molecule has 0 atom stereocenters. The van der Waals surface area contributed by atoms with E-state index in [1.54, 1.807) is 11.3 Å². The van der Waals surface area contributed by atoms with Crippen molar-refractivity contribution in [3.05, 3.63) is 51.0 Å². The Bertz CT molecular complexity index is 1230. The van der Waals surface area contributed by atoms with Crippen LogP contribution in [0.5, 0.6) is 0 Å². The zero-order valence-electron chi connectivity index (χ0n) is 18.5. The summed E-state index contributed by atoms with van der Waals surface area (Å²) in [6.45, 7) is 7.30. The maximum Gasteiger partial charge on any atom is 0.236 e. The van der Waals surface area contributed by atoms with Crippen molar-refractivity contribution >= 4 is 57.1 Å². The molecule has 0 aliphatic carbocycles. The molecule has 3 aromatic heterocycles. The number of nitrogens with zero attached hydrogens (tertiary/aromatic N) is 4. The Labute approximate surface area is 210 Å². The Hall–Kier alpha value is -2.20. The summed E-state index contributed by atoms with van der Waals surface area (Å²) in [5, 5.41) is 17.7. The fraction of sp³-hybridized carbons (Fsp3) is 0.304. The normalized spacial score (nSPS) is 11.3. The highest BCUT2D eigenvalue weighted by molar-refractivity contribution is 7.99. The van der Waals surface area contributed by atoms with Crippen LogP contribution in [0.4, 0.5) is 5.13 Å². The maximum atomic E-state index is 12.6. The monoisotopic (exact) mass is 517 g/mol. The van der Waals surface area contributed by atoms with Gasteiger partial charge in [-0.15, -0.1) is 32.9 Å². The third kappa shape index (κ3) is 5.84. The van der Waals surface area contributed by atoms with Crippen molar-refractivity contribution in [3.8, 4) is 22.6 Å². The van der Waals surface area contributed by atoms with E-state index in [1.807, 2.05) is 29.6 Å². The third-order valence-electron chi connectivity index (χ3n) is 4.83. The Morgan fingerprint density at radius 2 is 1.94 bits per heavy atom. The van der Waals surface area contributed by atoms with E-state index in [0.29, 0.717) is 16.1 Å². The highest BCUT2D eigenvalue weighted by atomic mass is 35.5. The molecule has 0 bridgehead atoms. The van der Waals surface area contributed by atoms with Gasteiger partial charge in [0.05, 0.1) is 11.4 Å². The molecule has 1 amide bonds. The van der Waals surface area contributed by atoms with Gasteiger partial charge in [-0.3, -0.25) is 4.79 Å². The second-order valence-corrected chi connectivity index (χ2v) is 10.9. The number of aromatic nitrogens is 4. The van der Waals surface area contributed by atoms with E-state index in [9.17, 15) is 4.79 Å². The molecule has 0 unspecified atom stereocenters. The van der Waals surface area contributed by atoms with E-state index >= 15 is 0 Å². The first kappa shape index (κ1) is 23.9. The summed E-state index contributed by atoms with van der Waals surface area (Å²) < 4.78 is 2.10. The van der Waals surface area contributed by atoms with Gasteiger partial charge in [-0.1, -0.05) is 56.3 Å². The smallest absolute Gasteiger partial charge is 0.236 e. The maximum absolute atomic E-state index is 12.6. The number of amides is 1. The van der Waals surface area contributed by atoms with Crippen LogP contribution in [0, 0.1) is 0 Å². The van der Waals surface area contributed by atoms with Crippen molar-refractivity contribution in [2.24, 2.45) is 0 Å². The number of hydrogen-bond donors (Lipinski definition) is 1. The second kappa shape index (κ2) is 10.8. The third-order valence-corrected chi connectivity index (χ3v) is 8.04. The van der Waals surface area contributed by atoms with E-state index in [0.717, 1.165) is 40.8 Å². The number of carbonyl (C=O) groups excluding carboxylic acids is 1. The standard InChI is InChI=1S/C23H24ClN5OS3/c1-4-9-29-21(16-10-19(14(2)3)31-11-16)27-28-23(29)33-13-20(30)26-22-25-18(12-32-22)15-5-7-17(24)8-6-15/h5-8,10-12,14H,4,9,13H2,1-3H3,(H,25,26,30). The summed E-state index contributed by atoms with van der Waals surface area (Å²) in [6.07, 6.45) is 0.957. The van der Waals surface area contributed by atoms with Crippen LogP contribution in [0.2, 0.25) is 5.02 Å². The molecule has 3 heterocycles. The lowest BCUT2D eigenvalue weighted by Crippen LogP contribution is -2.14. The van der Waals surface area contributed by atoms with Gasteiger partial charge in [0, 0.05) is 38.3 Å². The number of carbonyl (C=O) groups is 1. The summed E-state index contributed by atoms with van der Waals surface area (Å²) in [5.41, 5.74) is 2.85. The van der Waals surface area contributed by atoms with Crippen molar-refractivity contribution in [2.75, 3.05) is 11.1 Å². The summed E-state index contributed by atoms with van der Waals surface area (Å²) in [5.74, 6) is 1.45. The number of thiophene rings is 1. The second-order valence-electron chi connectivity index (χ2n) is 7.73. The molecule has 6 nitrogen and oxygen atoms in total. The van der Waals surface area contributed by atoms with Crippen LogP contribution in [-0.4, -0.2) is 31.4 Å². The molecule has 0 fully saturated rings. The number of nitrogens with one attached hydrogen (secondary N) is 1. The summed E-state index contributed by atoms with van der Waals surface area (Å²) in [6, 6.07) is 9.66. The quantitative estimate of drug-likeness (QED) is 0.241. The summed E-state index contributed by atoms with van der Waals surface area (Å²) >= 11 is 10.5. The van der Waals surface area contributed by atoms with E-state index < -0.39 is 0 Å². The van der Waals surface area contributed by atoms with Crippen molar-refractivity contribution in [1.29, 1.82) is 0 Å². The highest BCUT2D eigenvalue weighted by Gasteiger charge is 2.17. The van der Waals surface area contributed by atoms with Crippen LogP contribution in [0.15, 0.2) is 46.2 Å². The lowest BCUT2D eigenvalue weighted by atomic mass is 10.1. The fourth-order valence-electron chi connectivity index (χ4n) is 3.18. The molecule has 0 saturated carbocycles. The molecular weight excluding hydrogens is 494 g/mol. The van der Waals surface area contributed by atoms with Gasteiger partial charge in [0.1, 0.15) is 0 Å². The number of hydrogen-bond acceptors (Lipinski definition) is 7. The Morgan fingerprint density at radius 1 is 1.15 bits per heavy atom. The van der Waals surface area contributed by atoms with E-state index in [4.69, 9.17) is 11.6 Å². The largest absolute Gasteiger partial charge is 0.302 e. The van der Waals surface area contributed by atoms with Gasteiger partial charge in [0.2, 0.25) is 5.91 Å². The van der Waals surface area contributed by atoms with Gasteiger partial charge in [0.25, 0.3) is 0 Å². The van der Waals surface area contributed by atoms with Crippen LogP contribution in [-0.2, 0) is 11.3 Å². The van der Waals surface area contributed by atoms with Crippen LogP contribution in [0.3, 0.4) is 0 Å². The average Bonchev–Trinajstić information content (AvgIpc) is 3.53. The molecule has 0 aliphatic rings. The lowest BCUT2D eigenvalue weighted by molar-refractivity contribution is -0.113. The molecule has 172 valence electrons. The molecule has 4 rings (SSSR count). The zero-order chi connectivity index (χ0) is 23.4. The van der Waals surface area contributed by atoms with Crippen molar-refractivity contribution < 1.29 is 4.79 Å². The van der Waals surface area contributed by atoms with E-state index in [2.05, 4.69) is 57.3 Å². The zero-order valence-corrected chi connectivity index (χ0v) is 21.7. The molecule has 33 heavy (non-hydrogen) atoms. The van der Waals surface area contributed by atoms with Gasteiger partial charge < -0.3 is 9.88 Å². The van der Waals surface area contributed by atoms with Crippen molar-refractivity contribution in [1.82, 2.24) is 19.7 Å². The number of anilines is 1. The number of thioether (sulfide) groups is 1. The fourth-order valence-corrected chi connectivity index (χ4v) is 5.71. The van der Waals surface area contributed by atoms with Gasteiger partial charge >= 0.3 is 0 Å². The first-order chi connectivity index (χ1) is 15.9. The lowest BCUT2D eigenvalue weighted by Gasteiger charge is -2.08. The molecule has 4 aromatic rings. The molecule has 0 aliphatic heterocycles. The molecule has 0 spiro atoms. The molecular formula is C23H24ClN5OS3. The van der Waals surface area contributed by atoms with E-state index in [-0.39, 0.29) is 11.7 Å². The van der Waals surface area contributed by atoms with E-state index in [1.165, 1.54) is 28.0 Å². The van der Waals surface area contributed by atoms with Gasteiger partial charge in [0.15, 0.2) is 16.1 Å². The summed E-state index contributed by atoms with van der Waals surface area (Å²) in [7, 11) is 0. The van der Waals surface area contributed by atoms with Crippen molar-refractivity contribution in [3.63, 3.8) is 0 Å². The summed E-state index contributed by atoms with van der Waals surface area (Å²) in [4.78, 5) is 18.4. The van der Waals surface area contributed by atoms with Crippen LogP contribution in [0.25, 0.3) is 22.6 Å². The number of thiazole rings is 1. The predicted molar refractivity (Wildman–Crippen MR) is 140 cm³/mol. The Balaban J connectivity index is 1.41. The van der Waals surface area contributed by atoms with Gasteiger partial charge in [-0.05, 0) is 30.5 Å². The first-order valence-electron chi connectivity index (χ1n) is 10.6. The number of halogens is 1. The molecule has 10 heteroatoms. The first-order valence-corrected chi connectivity index (χ1v) is 13.7. The average molecular weight is 518 g/mol. The number of benzene rings is 1. The molecule has 1 aromatic carbocycles. The predicted octanol–water partition coefficient (Wildman–Crippen LogP) is 7.05. The SMILES string of the molecule is CCCn1c(SCC(=O)Nc2nc(-c3ccc(Cl)cc3)cs2)nnc1-c1csc(C(C)C)c1. The minimum atomic E-state index is -0.123. The Morgan fingerprint density at radius 3 is 2.64 bits per heavy atom. The Kier molecular flexibility index (Phi) is 7.85. The minimum Gasteiger partial charge on any atom is -0.302 e. The van der Waals surface area contributed by atoms with Crippen LogP contribution < -0.4 is 5.32 Å². The highest BCUT2D eigenvalue weighted by Crippen LogP contribution is 2.31. The van der Waals surface area contributed by atoms with Gasteiger partial charge in [-0.2, -0.15) is 0 Å². The van der Waals surface area contributed by atoms with Gasteiger partial charge in [-0.25, -0.2) is 4.98 Å². The topological polar surface area (TPSA) is 72.7 Å². The molecule has 1 N–H and O–H groups in total. The molecule has 0 radical (unpaired) electrons.